The molecule has 7 rings (SSSR count). The topological polar surface area (TPSA) is 385 Å². The molecule has 0 aliphatic carbocycles. The third kappa shape index (κ3) is 16.0. The van der Waals surface area contributed by atoms with Crippen LogP contribution >= 0.6 is 0 Å². The van der Waals surface area contributed by atoms with Crippen LogP contribution < -0.4 is 20.1 Å². The Kier molecular flexibility index (Phi) is 21.1. The smallest absolute Gasteiger partial charge is 0.416 e. The van der Waals surface area contributed by atoms with Gasteiger partial charge in [-0.15, -0.1) is 0 Å². The number of halogens is 2. The molecule has 6 atom stereocenters. The summed E-state index contributed by atoms with van der Waals surface area (Å²) in [6.45, 7) is 5.77. The van der Waals surface area contributed by atoms with Gasteiger partial charge in [0.1, 0.15) is 42.4 Å². The molecule has 2 aliphatic heterocycles. The predicted molar refractivity (Wildman–Crippen MR) is 287 cm³/mol. The van der Waals surface area contributed by atoms with Gasteiger partial charge >= 0.3 is 18.2 Å². The summed E-state index contributed by atoms with van der Waals surface area (Å²) >= 11 is 0. The molecular weight excluding hydrogens is 1130 g/mol. The molecule has 0 spiro atoms. The number of fused-ring (bicyclic) bond motifs is 1. The number of aliphatic carboxylic acids is 1. The number of carbonyl (C=O) groups is 6. The fourth-order valence-corrected chi connectivity index (χ4v) is 8.81. The molecule has 2 aromatic carbocycles. The minimum absolute atomic E-state index is 0.0208. The highest BCUT2D eigenvalue weighted by atomic mass is 19.2. The van der Waals surface area contributed by atoms with Gasteiger partial charge in [-0.05, 0) is 54.3 Å². The van der Waals surface area contributed by atoms with Crippen LogP contribution in [0.4, 0.5) is 19.3 Å². The number of nitrogens with one attached hydrogen (secondary N) is 2. The van der Waals surface area contributed by atoms with Crippen LogP contribution in [0.3, 0.4) is 0 Å². The SMILES string of the molecule is Cc1c(CCOc2c(-c3ccc4ncc(CN(C(=O)OCc5ccc(OC6OC(C(=O)O)C(O)C(O)C6O)c(NC(=O)CCNC(=O)CCOCCOCCN6C(=O)C=CC6=O)c5)C(O)(O)O)n4c3)ccc(F)c2F)c(C(O)C(C)(C)C)nn1C. The maximum absolute atomic E-state index is 15.7. The number of imide groups is 1. The van der Waals surface area contributed by atoms with Crippen molar-refractivity contribution in [1.29, 1.82) is 0 Å². The highest BCUT2D eigenvalue weighted by Gasteiger charge is 2.48. The monoisotopic (exact) mass is 1200 g/mol. The second-order valence-electron chi connectivity index (χ2n) is 20.8. The van der Waals surface area contributed by atoms with Crippen LogP contribution in [-0.4, -0.2) is 188 Å². The Labute approximate surface area is 483 Å². The van der Waals surface area contributed by atoms with Gasteiger partial charge < -0.3 is 84.3 Å². The summed E-state index contributed by atoms with van der Waals surface area (Å²) in [4.78, 5) is 79.9. The van der Waals surface area contributed by atoms with E-state index in [0.29, 0.717) is 11.3 Å². The lowest BCUT2D eigenvalue weighted by Crippen LogP contribution is -2.61. The molecule has 0 radical (unpaired) electrons. The molecule has 1 fully saturated rings. The first-order valence-corrected chi connectivity index (χ1v) is 26.5. The number of anilines is 1. The molecule has 6 unspecified atom stereocenters. The maximum atomic E-state index is 15.7. The molecule has 1 saturated heterocycles. The van der Waals surface area contributed by atoms with Gasteiger partial charge in [0.15, 0.2) is 17.7 Å². The van der Waals surface area contributed by atoms with E-state index in [0.717, 1.165) is 34.9 Å². The quantitative estimate of drug-likeness (QED) is 0.0198. The molecular formula is C55H66F2N8O20. The zero-order chi connectivity index (χ0) is 62.1. The number of pyridine rings is 1. The van der Waals surface area contributed by atoms with Crippen molar-refractivity contribution in [2.45, 2.75) is 103 Å². The number of carboxylic acids is 1. The highest BCUT2D eigenvalue weighted by Crippen LogP contribution is 2.38. The summed E-state index contributed by atoms with van der Waals surface area (Å²) < 4.78 is 66.5. The Morgan fingerprint density at radius 3 is 2.27 bits per heavy atom. The average molecular weight is 1200 g/mol. The number of aliphatic hydroxyl groups is 7. The van der Waals surface area contributed by atoms with Crippen molar-refractivity contribution in [3.8, 4) is 22.6 Å². The van der Waals surface area contributed by atoms with Crippen molar-refractivity contribution in [3.63, 3.8) is 0 Å². The van der Waals surface area contributed by atoms with Crippen molar-refractivity contribution >= 4 is 47.0 Å². The number of aromatic nitrogens is 4. The van der Waals surface area contributed by atoms with Gasteiger partial charge in [0.2, 0.25) is 23.9 Å². The second-order valence-corrected chi connectivity index (χ2v) is 20.8. The molecule has 460 valence electrons. The lowest BCUT2D eigenvalue weighted by molar-refractivity contribution is -0.383. The lowest BCUT2D eigenvalue weighted by Gasteiger charge is -2.38. The number of imidazole rings is 1. The van der Waals surface area contributed by atoms with E-state index in [2.05, 4.69) is 20.7 Å². The molecule has 10 N–H and O–H groups in total. The maximum Gasteiger partial charge on any atom is 0.416 e. The largest absolute Gasteiger partial charge is 0.489 e. The highest BCUT2D eigenvalue weighted by molar-refractivity contribution is 6.12. The van der Waals surface area contributed by atoms with Crippen LogP contribution in [0.25, 0.3) is 16.8 Å². The van der Waals surface area contributed by atoms with E-state index in [4.69, 9.17) is 28.4 Å². The molecule has 28 nitrogen and oxygen atoms in total. The summed E-state index contributed by atoms with van der Waals surface area (Å²) in [6.07, 6.45) is -11.9. The molecule has 3 aromatic heterocycles. The Hall–Kier alpha value is -8.04. The van der Waals surface area contributed by atoms with Gasteiger partial charge in [-0.2, -0.15) is 9.49 Å². The Bertz CT molecular complexity index is 3270. The van der Waals surface area contributed by atoms with Crippen LogP contribution in [0, 0.1) is 24.0 Å². The van der Waals surface area contributed by atoms with Gasteiger partial charge in [0.05, 0.1) is 69.4 Å². The number of hydrogen-bond acceptors (Lipinski definition) is 21. The standard InChI is InChI=1S/C55H66F2N8O20/c1-29-33(44(61-62(29)5)50(73)54(2,3)4)15-20-82-48-34(8-9-35(56)43(48)57)31-7-11-38-59-25-32(64(38)26-31)27-65(55(77,78)79)53(76)83-28-30-6-10-37(84-52-47(72)45(70)46(71)49(85-52)51(74)75)36(24-30)60-40(67)14-17-58-39(66)16-19-80-22-23-81-21-18-63-41(68)12-13-42(63)69/h6-13,24-26,45-47,49-50,52,70-73,77-79H,14-23,27-28H2,1-5H3,(H,58,66)(H,60,67)(H,74,75). The van der Waals surface area contributed by atoms with Crippen molar-refractivity contribution in [2.24, 2.45) is 12.5 Å². The number of carboxylic acid groups (broad SMARTS) is 1. The zero-order valence-electron chi connectivity index (χ0n) is 46.7. The molecule has 5 heterocycles. The van der Waals surface area contributed by atoms with E-state index in [1.54, 1.807) is 18.7 Å². The number of aryl methyl sites for hydroxylation is 1. The third-order valence-corrected chi connectivity index (χ3v) is 13.6. The second kappa shape index (κ2) is 27.8. The van der Waals surface area contributed by atoms with Gasteiger partial charge in [0, 0.05) is 73.6 Å². The van der Waals surface area contributed by atoms with Crippen molar-refractivity contribution in [2.75, 3.05) is 51.4 Å². The van der Waals surface area contributed by atoms with Crippen LogP contribution in [0.15, 0.2) is 67.0 Å². The van der Waals surface area contributed by atoms with E-state index in [9.17, 15) is 74.0 Å². The Balaban J connectivity index is 1.01. The molecule has 30 heteroatoms. The van der Waals surface area contributed by atoms with E-state index in [-0.39, 0.29) is 110 Å². The average Bonchev–Trinajstić information content (AvgIpc) is 4.09. The van der Waals surface area contributed by atoms with Gasteiger partial charge in [-0.25, -0.2) is 23.9 Å². The fraction of sp³-hybridized carbons (Fsp3) is 0.455. The predicted octanol–water partition coefficient (Wildman–Crippen LogP) is 0.814. The Morgan fingerprint density at radius 2 is 1.59 bits per heavy atom. The first-order valence-electron chi connectivity index (χ1n) is 26.5. The van der Waals surface area contributed by atoms with Gasteiger partial charge in [-0.3, -0.25) is 28.8 Å². The molecule has 5 aromatic rings. The summed E-state index contributed by atoms with van der Waals surface area (Å²) in [6, 6.07) is 8.79. The number of benzene rings is 2. The molecule has 0 saturated carbocycles. The summed E-state index contributed by atoms with van der Waals surface area (Å²) in [5, 5.41) is 92.9. The minimum atomic E-state index is -3.88. The van der Waals surface area contributed by atoms with E-state index in [1.165, 1.54) is 47.1 Å². The van der Waals surface area contributed by atoms with Crippen LogP contribution in [0.2, 0.25) is 0 Å². The van der Waals surface area contributed by atoms with E-state index < -0.39 is 115 Å². The number of ether oxygens (including phenoxy) is 6. The van der Waals surface area contributed by atoms with Crippen LogP contribution in [0.5, 0.6) is 11.5 Å². The summed E-state index contributed by atoms with van der Waals surface area (Å²) in [7, 11) is 1.72. The summed E-state index contributed by atoms with van der Waals surface area (Å²) in [5.74, 6) is -7.10. The first kappa shape index (κ1) is 64.5. The number of nitrogens with zero attached hydrogens (tertiary/aromatic N) is 6. The molecule has 0 bridgehead atoms. The number of aliphatic hydroxyl groups excluding tert-OH is 4. The van der Waals surface area contributed by atoms with E-state index in [1.807, 2.05) is 20.8 Å². The number of hydrogen-bond donors (Lipinski definition) is 10. The Morgan fingerprint density at radius 1 is 0.882 bits per heavy atom. The number of carbonyl (C=O) groups excluding carboxylic acids is 5. The van der Waals surface area contributed by atoms with E-state index >= 15 is 4.39 Å². The molecule has 2 aliphatic rings. The fourth-order valence-electron chi connectivity index (χ4n) is 8.81. The number of rotatable bonds is 27. The lowest BCUT2D eigenvalue weighted by atomic mass is 9.85. The minimum Gasteiger partial charge on any atom is -0.489 e. The molecule has 5 amide bonds. The van der Waals surface area contributed by atoms with Crippen LogP contribution in [0.1, 0.15) is 67.9 Å². The first-order chi connectivity index (χ1) is 40.1. The summed E-state index contributed by atoms with van der Waals surface area (Å²) in [5.41, 5.74) is 1.62. The van der Waals surface area contributed by atoms with Gasteiger partial charge in [0.25, 0.3) is 11.8 Å². The third-order valence-electron chi connectivity index (χ3n) is 13.6. The molecule has 85 heavy (non-hydrogen) atoms. The number of amides is 5. The van der Waals surface area contributed by atoms with Gasteiger partial charge in [-0.1, -0.05) is 26.8 Å². The van der Waals surface area contributed by atoms with Crippen molar-refractivity contribution in [3.05, 3.63) is 107 Å². The van der Waals surface area contributed by atoms with Crippen LogP contribution in [-0.2, 0) is 69.5 Å². The zero-order valence-corrected chi connectivity index (χ0v) is 46.7. The van der Waals surface area contributed by atoms with Crippen molar-refractivity contribution in [1.82, 2.24) is 34.3 Å². The normalized spacial score (nSPS) is 18.4. The van der Waals surface area contributed by atoms with Crippen molar-refractivity contribution < 1.29 is 107 Å².